The summed E-state index contributed by atoms with van der Waals surface area (Å²) in [4.78, 5) is 0. The van der Waals surface area contributed by atoms with Crippen LogP contribution in [0.4, 0.5) is 0 Å². The second kappa shape index (κ2) is 3.35. The van der Waals surface area contributed by atoms with Crippen LogP contribution in [-0.4, -0.2) is 0 Å². The average molecular weight is 232 g/mol. The lowest BCUT2D eigenvalue weighted by Gasteiger charge is -2.20. The summed E-state index contributed by atoms with van der Waals surface area (Å²) in [5.41, 5.74) is 5.83. The smallest absolute Gasteiger partial charge is 0.00702 e. The number of benzene rings is 3. The van der Waals surface area contributed by atoms with E-state index in [4.69, 9.17) is 0 Å². The van der Waals surface area contributed by atoms with Crippen LogP contribution in [0.1, 0.15) is 22.3 Å². The van der Waals surface area contributed by atoms with E-state index in [-0.39, 0.29) is 0 Å². The molecule has 0 aromatic heterocycles. The fourth-order valence-corrected chi connectivity index (χ4v) is 3.50. The van der Waals surface area contributed by atoms with E-state index >= 15 is 0 Å². The molecule has 18 heavy (non-hydrogen) atoms. The van der Waals surface area contributed by atoms with E-state index in [1.54, 1.807) is 0 Å². The summed E-state index contributed by atoms with van der Waals surface area (Å²) in [5.74, 6) is 0. The largest absolute Gasteiger partial charge is 0.0554 e. The van der Waals surface area contributed by atoms with Crippen LogP contribution in [0.5, 0.6) is 0 Å². The molecule has 0 N–H and O–H groups in total. The van der Waals surface area contributed by atoms with Gasteiger partial charge in [-0.3, -0.25) is 0 Å². The quantitative estimate of drug-likeness (QED) is 0.492. The van der Waals surface area contributed by atoms with Crippen LogP contribution in [0.3, 0.4) is 0 Å². The van der Waals surface area contributed by atoms with Crippen molar-refractivity contribution in [3.63, 3.8) is 0 Å². The fraction of sp³-hybridized carbons (Fsp3) is 0.222. The minimum Gasteiger partial charge on any atom is -0.0554 e. The summed E-state index contributed by atoms with van der Waals surface area (Å²) in [7, 11) is 0. The molecular formula is C18H16. The predicted octanol–water partition coefficient (Wildman–Crippen LogP) is 4.71. The van der Waals surface area contributed by atoms with Crippen molar-refractivity contribution in [2.45, 2.75) is 26.7 Å². The highest BCUT2D eigenvalue weighted by Gasteiger charge is 2.15. The van der Waals surface area contributed by atoms with E-state index in [1.165, 1.54) is 56.6 Å². The lowest BCUT2D eigenvalue weighted by Crippen LogP contribution is -2.02. The first kappa shape index (κ1) is 10.1. The molecular weight excluding hydrogens is 216 g/mol. The molecule has 0 spiro atoms. The Hall–Kier alpha value is -1.82. The van der Waals surface area contributed by atoms with Gasteiger partial charge >= 0.3 is 0 Å². The summed E-state index contributed by atoms with van der Waals surface area (Å²) >= 11 is 0. The van der Waals surface area contributed by atoms with Gasteiger partial charge in [-0.1, -0.05) is 47.5 Å². The molecule has 3 aromatic carbocycles. The Balaban J connectivity index is 2.32. The summed E-state index contributed by atoms with van der Waals surface area (Å²) < 4.78 is 0. The van der Waals surface area contributed by atoms with Crippen LogP contribution in [0.2, 0.25) is 0 Å². The van der Waals surface area contributed by atoms with Gasteiger partial charge in [-0.2, -0.15) is 0 Å². The van der Waals surface area contributed by atoms with Crippen molar-refractivity contribution in [2.24, 2.45) is 0 Å². The van der Waals surface area contributed by atoms with Crippen LogP contribution in [0.15, 0.2) is 36.4 Å². The van der Waals surface area contributed by atoms with Crippen molar-refractivity contribution in [1.29, 1.82) is 0 Å². The zero-order valence-corrected chi connectivity index (χ0v) is 10.9. The first-order valence-electron chi connectivity index (χ1n) is 6.68. The maximum absolute atomic E-state index is 2.37. The lowest BCUT2D eigenvalue weighted by atomic mass is 9.84. The van der Waals surface area contributed by atoms with Gasteiger partial charge in [0.2, 0.25) is 0 Å². The SMILES string of the molecule is Cc1cc2c3c(ccc4cc(C)cc(c43)CC2)c1. The summed E-state index contributed by atoms with van der Waals surface area (Å²) in [6.07, 6.45) is 2.38. The Morgan fingerprint density at radius 2 is 1.11 bits per heavy atom. The number of hydrogen-bond donors (Lipinski definition) is 0. The molecule has 0 radical (unpaired) electrons. The second-order valence-corrected chi connectivity index (χ2v) is 5.61. The minimum absolute atomic E-state index is 1.19. The van der Waals surface area contributed by atoms with Crippen LogP contribution in [-0.2, 0) is 12.8 Å². The van der Waals surface area contributed by atoms with E-state index in [1.807, 2.05) is 0 Å². The summed E-state index contributed by atoms with van der Waals surface area (Å²) in [6.45, 7) is 4.40. The molecule has 88 valence electrons. The Labute approximate surface area is 107 Å². The van der Waals surface area contributed by atoms with Gasteiger partial charge in [-0.15, -0.1) is 0 Å². The Kier molecular flexibility index (Phi) is 1.89. The third-order valence-corrected chi connectivity index (χ3v) is 4.15. The van der Waals surface area contributed by atoms with Crippen molar-refractivity contribution in [1.82, 2.24) is 0 Å². The van der Waals surface area contributed by atoms with Gasteiger partial charge in [0.1, 0.15) is 0 Å². The van der Waals surface area contributed by atoms with E-state index in [9.17, 15) is 0 Å². The third kappa shape index (κ3) is 1.26. The standard InChI is InChI=1S/C18H16/c1-11-7-13-3-5-15-9-12(2)10-16-6-4-14(8-11)17(13)18(15)16/h3,5,7-10H,4,6H2,1-2H3. The fourth-order valence-electron chi connectivity index (χ4n) is 3.50. The maximum atomic E-state index is 2.37. The van der Waals surface area contributed by atoms with Crippen molar-refractivity contribution < 1.29 is 0 Å². The van der Waals surface area contributed by atoms with Crippen molar-refractivity contribution in [2.75, 3.05) is 0 Å². The number of rotatable bonds is 0. The Morgan fingerprint density at radius 3 is 1.56 bits per heavy atom. The topological polar surface area (TPSA) is 0 Å². The van der Waals surface area contributed by atoms with Crippen LogP contribution in [0, 0.1) is 13.8 Å². The first-order chi connectivity index (χ1) is 8.72. The molecule has 0 amide bonds. The van der Waals surface area contributed by atoms with Crippen LogP contribution < -0.4 is 0 Å². The van der Waals surface area contributed by atoms with Crippen LogP contribution >= 0.6 is 0 Å². The van der Waals surface area contributed by atoms with E-state index in [0.29, 0.717) is 0 Å². The second-order valence-electron chi connectivity index (χ2n) is 5.61. The van der Waals surface area contributed by atoms with Gasteiger partial charge in [-0.05, 0) is 59.4 Å². The molecule has 4 rings (SSSR count). The molecule has 0 heteroatoms. The minimum atomic E-state index is 1.19. The lowest BCUT2D eigenvalue weighted by molar-refractivity contribution is 0.964. The van der Waals surface area contributed by atoms with Crippen molar-refractivity contribution >= 4 is 21.5 Å². The van der Waals surface area contributed by atoms with Crippen LogP contribution in [0.25, 0.3) is 21.5 Å². The van der Waals surface area contributed by atoms with Gasteiger partial charge in [0.25, 0.3) is 0 Å². The van der Waals surface area contributed by atoms with Gasteiger partial charge in [-0.25, -0.2) is 0 Å². The number of aryl methyl sites for hydroxylation is 4. The molecule has 1 aliphatic carbocycles. The van der Waals surface area contributed by atoms with E-state index < -0.39 is 0 Å². The van der Waals surface area contributed by atoms with E-state index in [2.05, 4.69) is 50.2 Å². The summed E-state index contributed by atoms with van der Waals surface area (Å²) in [5, 5.41) is 5.81. The molecule has 0 atom stereocenters. The molecule has 0 unspecified atom stereocenters. The zero-order valence-electron chi connectivity index (χ0n) is 10.9. The monoisotopic (exact) mass is 232 g/mol. The molecule has 3 aromatic rings. The maximum Gasteiger partial charge on any atom is -0.00702 e. The molecule has 0 fully saturated rings. The molecule has 0 bridgehead atoms. The van der Waals surface area contributed by atoms with Crippen molar-refractivity contribution in [3.8, 4) is 0 Å². The Bertz CT molecular complexity index is 725. The molecule has 0 aliphatic heterocycles. The highest BCUT2D eigenvalue weighted by molar-refractivity contribution is 6.11. The van der Waals surface area contributed by atoms with Crippen molar-refractivity contribution in [3.05, 3.63) is 58.7 Å². The average Bonchev–Trinajstić information content (AvgIpc) is 2.34. The normalized spacial score (nSPS) is 13.7. The Morgan fingerprint density at radius 1 is 0.667 bits per heavy atom. The van der Waals surface area contributed by atoms with Gasteiger partial charge in [0.15, 0.2) is 0 Å². The molecule has 1 aliphatic rings. The molecule has 0 saturated carbocycles. The molecule has 0 nitrogen and oxygen atoms in total. The van der Waals surface area contributed by atoms with Gasteiger partial charge in [0, 0.05) is 0 Å². The third-order valence-electron chi connectivity index (χ3n) is 4.15. The summed E-state index contributed by atoms with van der Waals surface area (Å²) in [6, 6.07) is 13.9. The first-order valence-corrected chi connectivity index (χ1v) is 6.68. The molecule has 0 saturated heterocycles. The van der Waals surface area contributed by atoms with Gasteiger partial charge < -0.3 is 0 Å². The molecule has 0 heterocycles. The number of hydrogen-bond acceptors (Lipinski definition) is 0. The highest BCUT2D eigenvalue weighted by atomic mass is 14.2. The van der Waals surface area contributed by atoms with Gasteiger partial charge in [0.05, 0.1) is 0 Å². The predicted molar refractivity (Wildman–Crippen MR) is 78.3 cm³/mol. The van der Waals surface area contributed by atoms with E-state index in [0.717, 1.165) is 0 Å². The zero-order chi connectivity index (χ0) is 12.3. The highest BCUT2D eigenvalue weighted by Crippen LogP contribution is 2.36.